The zero-order chi connectivity index (χ0) is 14.9. The summed E-state index contributed by atoms with van der Waals surface area (Å²) < 4.78 is 0. The molecule has 1 saturated carbocycles. The van der Waals surface area contributed by atoms with Crippen LogP contribution in [0.4, 0.5) is 0 Å². The number of nitrogens with two attached hydrogens (primary N) is 1. The SMILES string of the molecule is CC1(C)CCC(N)C(c2ccc(-c3ccccc3)cc2)C1. The van der Waals surface area contributed by atoms with Crippen LogP contribution in [0, 0.1) is 5.41 Å². The first-order chi connectivity index (χ1) is 10.1. The van der Waals surface area contributed by atoms with Crippen molar-refractivity contribution in [2.75, 3.05) is 0 Å². The zero-order valence-electron chi connectivity index (χ0n) is 13.0. The minimum Gasteiger partial charge on any atom is -0.327 e. The molecule has 1 nitrogen and oxygen atoms in total. The summed E-state index contributed by atoms with van der Waals surface area (Å²) >= 11 is 0. The summed E-state index contributed by atoms with van der Waals surface area (Å²) in [5, 5.41) is 0. The Hall–Kier alpha value is -1.60. The van der Waals surface area contributed by atoms with Crippen LogP contribution in [-0.4, -0.2) is 6.04 Å². The molecule has 2 N–H and O–H groups in total. The first-order valence-electron chi connectivity index (χ1n) is 7.96. The maximum Gasteiger partial charge on any atom is 0.0108 e. The average molecular weight is 279 g/mol. The number of rotatable bonds is 2. The van der Waals surface area contributed by atoms with Crippen molar-refractivity contribution in [1.82, 2.24) is 0 Å². The second kappa shape index (κ2) is 5.65. The highest BCUT2D eigenvalue weighted by atomic mass is 14.7. The van der Waals surface area contributed by atoms with Crippen LogP contribution in [0.5, 0.6) is 0 Å². The predicted molar refractivity (Wildman–Crippen MR) is 90.2 cm³/mol. The van der Waals surface area contributed by atoms with E-state index in [4.69, 9.17) is 5.73 Å². The second-order valence-corrected chi connectivity index (χ2v) is 7.17. The molecule has 0 radical (unpaired) electrons. The van der Waals surface area contributed by atoms with Gasteiger partial charge in [-0.3, -0.25) is 0 Å². The van der Waals surface area contributed by atoms with Gasteiger partial charge in [0.1, 0.15) is 0 Å². The van der Waals surface area contributed by atoms with Crippen molar-refractivity contribution in [3.05, 3.63) is 60.2 Å². The lowest BCUT2D eigenvalue weighted by Crippen LogP contribution is -2.37. The molecule has 2 atom stereocenters. The van der Waals surface area contributed by atoms with Crippen molar-refractivity contribution in [1.29, 1.82) is 0 Å². The van der Waals surface area contributed by atoms with E-state index in [1.807, 2.05) is 0 Å². The Morgan fingerprint density at radius 2 is 1.52 bits per heavy atom. The molecular formula is C20H25N. The second-order valence-electron chi connectivity index (χ2n) is 7.17. The van der Waals surface area contributed by atoms with Crippen LogP contribution in [0.1, 0.15) is 44.6 Å². The minimum atomic E-state index is 0.306. The van der Waals surface area contributed by atoms with E-state index in [9.17, 15) is 0 Å². The maximum absolute atomic E-state index is 6.38. The topological polar surface area (TPSA) is 26.0 Å². The molecule has 0 bridgehead atoms. The molecule has 1 aliphatic rings. The van der Waals surface area contributed by atoms with Crippen LogP contribution in [0.2, 0.25) is 0 Å². The quantitative estimate of drug-likeness (QED) is 0.824. The summed E-state index contributed by atoms with van der Waals surface area (Å²) in [7, 11) is 0. The predicted octanol–water partition coefficient (Wildman–Crippen LogP) is 4.97. The Labute approximate surface area is 128 Å². The van der Waals surface area contributed by atoms with E-state index in [2.05, 4.69) is 68.4 Å². The first kappa shape index (κ1) is 14.3. The normalized spacial score (nSPS) is 24.7. The van der Waals surface area contributed by atoms with Crippen molar-refractivity contribution in [2.24, 2.45) is 11.1 Å². The lowest BCUT2D eigenvalue weighted by atomic mass is 9.68. The first-order valence-corrected chi connectivity index (χ1v) is 7.96. The smallest absolute Gasteiger partial charge is 0.0108 e. The van der Waals surface area contributed by atoms with Crippen molar-refractivity contribution in [2.45, 2.75) is 45.1 Å². The lowest BCUT2D eigenvalue weighted by Gasteiger charge is -2.39. The fraction of sp³-hybridized carbons (Fsp3) is 0.400. The summed E-state index contributed by atoms with van der Waals surface area (Å²) in [5.74, 6) is 0.499. The highest BCUT2D eigenvalue weighted by Gasteiger charge is 2.33. The van der Waals surface area contributed by atoms with E-state index < -0.39 is 0 Å². The van der Waals surface area contributed by atoms with Gasteiger partial charge in [-0.25, -0.2) is 0 Å². The molecule has 2 unspecified atom stereocenters. The van der Waals surface area contributed by atoms with Gasteiger partial charge in [-0.15, -0.1) is 0 Å². The van der Waals surface area contributed by atoms with Gasteiger partial charge in [0.25, 0.3) is 0 Å². The highest BCUT2D eigenvalue weighted by molar-refractivity contribution is 5.63. The van der Waals surface area contributed by atoms with Gasteiger partial charge in [0.15, 0.2) is 0 Å². The Bertz CT molecular complexity index is 583. The van der Waals surface area contributed by atoms with Crippen LogP contribution in [0.15, 0.2) is 54.6 Å². The third-order valence-electron chi connectivity index (χ3n) is 4.89. The molecule has 1 fully saturated rings. The van der Waals surface area contributed by atoms with E-state index in [-0.39, 0.29) is 0 Å². The standard InChI is InChI=1S/C20H25N/c1-20(2)13-12-19(21)18(14-20)17-10-8-16(9-11-17)15-6-4-3-5-7-15/h3-11,18-19H,12-14,21H2,1-2H3. The Balaban J connectivity index is 1.84. The van der Waals surface area contributed by atoms with Crippen LogP contribution in [0.3, 0.4) is 0 Å². The van der Waals surface area contributed by atoms with Crippen molar-refractivity contribution in [3.8, 4) is 11.1 Å². The Kier molecular flexibility index (Phi) is 3.86. The molecule has 110 valence electrons. The fourth-order valence-electron chi connectivity index (χ4n) is 3.53. The molecule has 0 saturated heterocycles. The van der Waals surface area contributed by atoms with Gasteiger partial charge in [0, 0.05) is 6.04 Å². The molecule has 0 aliphatic heterocycles. The zero-order valence-corrected chi connectivity index (χ0v) is 13.0. The summed E-state index contributed by atoms with van der Waals surface area (Å²) in [6.07, 6.45) is 3.57. The largest absolute Gasteiger partial charge is 0.327 e. The molecule has 0 amide bonds. The highest BCUT2D eigenvalue weighted by Crippen LogP contribution is 2.43. The van der Waals surface area contributed by atoms with E-state index in [1.165, 1.54) is 29.5 Å². The van der Waals surface area contributed by atoms with Gasteiger partial charge in [-0.1, -0.05) is 68.4 Å². The van der Waals surface area contributed by atoms with E-state index in [1.54, 1.807) is 0 Å². The number of benzene rings is 2. The molecule has 3 rings (SSSR count). The molecule has 1 aliphatic carbocycles. The molecule has 2 aromatic rings. The van der Waals surface area contributed by atoms with Gasteiger partial charge in [0.2, 0.25) is 0 Å². The molecule has 2 aromatic carbocycles. The summed E-state index contributed by atoms with van der Waals surface area (Å²) in [4.78, 5) is 0. The molecule has 0 heterocycles. The average Bonchev–Trinajstić information content (AvgIpc) is 2.51. The van der Waals surface area contributed by atoms with Gasteiger partial charge in [-0.2, -0.15) is 0 Å². The van der Waals surface area contributed by atoms with Gasteiger partial charge >= 0.3 is 0 Å². The number of hydrogen-bond donors (Lipinski definition) is 1. The van der Waals surface area contributed by atoms with Crippen molar-refractivity contribution in [3.63, 3.8) is 0 Å². The van der Waals surface area contributed by atoms with E-state index in [0.29, 0.717) is 17.4 Å². The van der Waals surface area contributed by atoms with Gasteiger partial charge in [0.05, 0.1) is 0 Å². The lowest BCUT2D eigenvalue weighted by molar-refractivity contribution is 0.198. The summed E-state index contributed by atoms with van der Waals surface area (Å²) in [6, 6.07) is 19.9. The van der Waals surface area contributed by atoms with Gasteiger partial charge < -0.3 is 5.73 Å². The van der Waals surface area contributed by atoms with Crippen molar-refractivity contribution < 1.29 is 0 Å². The third-order valence-corrected chi connectivity index (χ3v) is 4.89. The maximum atomic E-state index is 6.38. The van der Waals surface area contributed by atoms with E-state index >= 15 is 0 Å². The Morgan fingerprint density at radius 1 is 0.905 bits per heavy atom. The molecule has 0 spiro atoms. The van der Waals surface area contributed by atoms with Crippen LogP contribution >= 0.6 is 0 Å². The van der Waals surface area contributed by atoms with Crippen molar-refractivity contribution >= 4 is 0 Å². The summed E-state index contributed by atoms with van der Waals surface area (Å²) in [5.41, 5.74) is 10.8. The third kappa shape index (κ3) is 3.19. The molecule has 21 heavy (non-hydrogen) atoms. The molecule has 0 aromatic heterocycles. The monoisotopic (exact) mass is 279 g/mol. The van der Waals surface area contributed by atoms with E-state index in [0.717, 1.165) is 6.42 Å². The Morgan fingerprint density at radius 3 is 2.19 bits per heavy atom. The fourth-order valence-corrected chi connectivity index (χ4v) is 3.53. The van der Waals surface area contributed by atoms with Gasteiger partial charge in [-0.05, 0) is 47.3 Å². The van der Waals surface area contributed by atoms with Crippen LogP contribution < -0.4 is 5.73 Å². The van der Waals surface area contributed by atoms with Crippen LogP contribution in [-0.2, 0) is 0 Å². The molecular weight excluding hydrogens is 254 g/mol. The minimum absolute atomic E-state index is 0.306. The summed E-state index contributed by atoms with van der Waals surface area (Å²) in [6.45, 7) is 4.73. The number of hydrogen-bond acceptors (Lipinski definition) is 1. The molecule has 1 heteroatoms. The van der Waals surface area contributed by atoms with Crippen LogP contribution in [0.25, 0.3) is 11.1 Å².